The van der Waals surface area contributed by atoms with E-state index in [2.05, 4.69) is 28.5 Å². The van der Waals surface area contributed by atoms with Crippen LogP contribution in [0.1, 0.15) is 29.5 Å². The maximum Gasteiger partial charge on any atom is 0.241 e. The van der Waals surface area contributed by atoms with Crippen molar-refractivity contribution in [2.24, 2.45) is 0 Å². The highest BCUT2D eigenvalue weighted by atomic mass is 32.2. The number of benzene rings is 2. The monoisotopic (exact) mass is 426 g/mol. The number of amides is 1. The van der Waals surface area contributed by atoms with Gasteiger partial charge in [0, 0.05) is 10.9 Å². The molecule has 0 aliphatic heterocycles. The highest BCUT2D eigenvalue weighted by Gasteiger charge is 2.19. The molecule has 1 aromatic heterocycles. The third-order valence-corrected chi connectivity index (χ3v) is 7.21. The van der Waals surface area contributed by atoms with Gasteiger partial charge in [0.15, 0.2) is 15.0 Å². The minimum absolute atomic E-state index is 0.153. The van der Waals surface area contributed by atoms with Crippen LogP contribution in [0.25, 0.3) is 11.3 Å². The maximum absolute atomic E-state index is 12.3. The predicted molar refractivity (Wildman–Crippen MR) is 117 cm³/mol. The van der Waals surface area contributed by atoms with Gasteiger partial charge in [0.2, 0.25) is 5.91 Å². The van der Waals surface area contributed by atoms with Gasteiger partial charge in [-0.2, -0.15) is 0 Å². The number of hydrogen-bond donors (Lipinski definition) is 1. The Kier molecular flexibility index (Phi) is 5.78. The van der Waals surface area contributed by atoms with Crippen LogP contribution in [-0.2, 0) is 33.2 Å². The number of nitrogens with one attached hydrogen (secondary N) is 1. The van der Waals surface area contributed by atoms with Crippen molar-refractivity contribution in [1.29, 1.82) is 0 Å². The molecule has 1 aliphatic rings. The van der Waals surface area contributed by atoms with Crippen LogP contribution in [0.5, 0.6) is 0 Å². The molecule has 0 spiro atoms. The summed E-state index contributed by atoms with van der Waals surface area (Å²) in [6.45, 7) is 0. The van der Waals surface area contributed by atoms with Gasteiger partial charge in [-0.3, -0.25) is 4.79 Å². The quantitative estimate of drug-likeness (QED) is 0.640. The van der Waals surface area contributed by atoms with Crippen molar-refractivity contribution in [2.75, 3.05) is 11.1 Å². The topological polar surface area (TPSA) is 76.1 Å². The summed E-state index contributed by atoms with van der Waals surface area (Å²) >= 11 is 1.30. The van der Waals surface area contributed by atoms with E-state index in [0.717, 1.165) is 24.1 Å². The number of carbonyl (C=O) groups excluding carboxylic acids is 1. The lowest BCUT2D eigenvalue weighted by molar-refractivity contribution is -0.113. The molecule has 4 rings (SSSR count). The van der Waals surface area contributed by atoms with Crippen LogP contribution in [0, 0.1) is 0 Å². The molecule has 5 nitrogen and oxygen atoms in total. The second kappa shape index (κ2) is 8.47. The second-order valence-electron chi connectivity index (χ2n) is 7.29. The molecule has 7 heteroatoms. The lowest BCUT2D eigenvalue weighted by atomic mass is 9.90. The van der Waals surface area contributed by atoms with Gasteiger partial charge in [-0.1, -0.05) is 42.5 Å². The first-order valence-electron chi connectivity index (χ1n) is 9.60. The fraction of sp³-hybridized carbons (Fsp3) is 0.273. The van der Waals surface area contributed by atoms with E-state index in [1.165, 1.54) is 35.3 Å². The first-order chi connectivity index (χ1) is 14.0. The number of rotatable bonds is 6. The number of thiazole rings is 1. The minimum atomic E-state index is -3.54. The van der Waals surface area contributed by atoms with Gasteiger partial charge in [0.1, 0.15) is 5.75 Å². The van der Waals surface area contributed by atoms with Gasteiger partial charge in [-0.15, -0.1) is 11.3 Å². The Bertz CT molecular complexity index is 1120. The molecular formula is C22H22N2O3S2. The molecule has 0 unspecified atom stereocenters. The first kappa shape index (κ1) is 19.8. The van der Waals surface area contributed by atoms with Crippen LogP contribution in [-0.4, -0.2) is 25.1 Å². The fourth-order valence-corrected chi connectivity index (χ4v) is 5.60. The molecule has 0 radical (unpaired) electrons. The first-order valence-corrected chi connectivity index (χ1v) is 12.3. The Morgan fingerprint density at radius 2 is 1.79 bits per heavy atom. The molecule has 3 aromatic rings. The average molecular weight is 427 g/mol. The van der Waals surface area contributed by atoms with Gasteiger partial charge in [-0.25, -0.2) is 13.4 Å². The molecule has 0 saturated heterocycles. The second-order valence-corrected chi connectivity index (χ2v) is 10.2. The van der Waals surface area contributed by atoms with Crippen LogP contribution in [0.2, 0.25) is 0 Å². The van der Waals surface area contributed by atoms with Crippen LogP contribution in [0.3, 0.4) is 0 Å². The molecule has 1 heterocycles. The Morgan fingerprint density at radius 3 is 2.59 bits per heavy atom. The van der Waals surface area contributed by atoms with Crippen LogP contribution < -0.4 is 5.32 Å². The van der Waals surface area contributed by atoms with Crippen molar-refractivity contribution >= 4 is 32.2 Å². The molecule has 0 fully saturated rings. The number of hydrogen-bond acceptors (Lipinski definition) is 5. The highest BCUT2D eigenvalue weighted by Crippen LogP contribution is 2.29. The summed E-state index contributed by atoms with van der Waals surface area (Å²) in [4.78, 5) is 16.7. The van der Waals surface area contributed by atoms with E-state index in [1.54, 1.807) is 24.3 Å². The Labute approximate surface area is 174 Å². The molecule has 1 amide bonds. The van der Waals surface area contributed by atoms with Crippen LogP contribution in [0.4, 0.5) is 5.13 Å². The number of fused-ring (bicyclic) bond motifs is 1. The van der Waals surface area contributed by atoms with Crippen LogP contribution in [0.15, 0.2) is 53.9 Å². The van der Waals surface area contributed by atoms with E-state index in [0.29, 0.717) is 10.7 Å². The summed E-state index contributed by atoms with van der Waals surface area (Å²) in [7, 11) is -3.54. The predicted octanol–water partition coefficient (Wildman–Crippen LogP) is 4.24. The van der Waals surface area contributed by atoms with Crippen molar-refractivity contribution in [1.82, 2.24) is 4.98 Å². The number of anilines is 1. The summed E-state index contributed by atoms with van der Waals surface area (Å²) in [5.74, 6) is -1.28. The Morgan fingerprint density at radius 1 is 1.03 bits per heavy atom. The molecule has 29 heavy (non-hydrogen) atoms. The van der Waals surface area contributed by atoms with Gasteiger partial charge >= 0.3 is 0 Å². The zero-order valence-corrected chi connectivity index (χ0v) is 17.6. The molecule has 0 atom stereocenters. The molecule has 0 saturated carbocycles. The molecule has 1 aliphatic carbocycles. The van der Waals surface area contributed by atoms with Gasteiger partial charge in [-0.05, 0) is 48.4 Å². The summed E-state index contributed by atoms with van der Waals surface area (Å²) in [6, 6.07) is 15.3. The van der Waals surface area contributed by atoms with Crippen molar-refractivity contribution < 1.29 is 13.2 Å². The van der Waals surface area contributed by atoms with E-state index in [-0.39, 0.29) is 5.75 Å². The van der Waals surface area contributed by atoms with Gasteiger partial charge < -0.3 is 5.32 Å². The molecule has 0 bridgehead atoms. The van der Waals surface area contributed by atoms with E-state index in [4.69, 9.17) is 0 Å². The fourth-order valence-electron chi connectivity index (χ4n) is 3.59. The number of aromatic nitrogens is 1. The van der Waals surface area contributed by atoms with Gasteiger partial charge in [0.25, 0.3) is 0 Å². The normalized spacial score (nSPS) is 13.7. The standard InChI is InChI=1S/C22H22N2O3S2/c25-21(15-29(26,27)14-16-6-2-1-3-7-16)24-22-23-20(13-28-22)19-11-10-17-8-4-5-9-18(17)12-19/h1-3,6-7,10-13H,4-5,8-9,14-15H2,(H,23,24,25). The lowest BCUT2D eigenvalue weighted by Gasteiger charge is -2.16. The number of sulfone groups is 1. The van der Waals surface area contributed by atoms with Crippen molar-refractivity contribution in [3.8, 4) is 11.3 Å². The largest absolute Gasteiger partial charge is 0.301 e. The summed E-state index contributed by atoms with van der Waals surface area (Å²) < 4.78 is 24.6. The van der Waals surface area contributed by atoms with Crippen molar-refractivity contribution in [3.05, 3.63) is 70.6 Å². The zero-order valence-electron chi connectivity index (χ0n) is 15.9. The van der Waals surface area contributed by atoms with Crippen molar-refractivity contribution in [3.63, 3.8) is 0 Å². The molecule has 150 valence electrons. The highest BCUT2D eigenvalue weighted by molar-refractivity contribution is 7.91. The van der Waals surface area contributed by atoms with E-state index in [1.807, 2.05) is 11.4 Å². The Hall–Kier alpha value is -2.51. The summed E-state index contributed by atoms with van der Waals surface area (Å²) in [5.41, 5.74) is 5.28. The number of carbonyl (C=O) groups is 1. The number of nitrogens with zero attached hydrogens (tertiary/aromatic N) is 1. The van der Waals surface area contributed by atoms with Crippen molar-refractivity contribution in [2.45, 2.75) is 31.4 Å². The third kappa shape index (κ3) is 5.10. The van der Waals surface area contributed by atoms with Crippen LogP contribution >= 0.6 is 11.3 Å². The molecule has 2 aromatic carbocycles. The lowest BCUT2D eigenvalue weighted by Crippen LogP contribution is -2.23. The van der Waals surface area contributed by atoms with E-state index < -0.39 is 21.5 Å². The number of aryl methyl sites for hydroxylation is 2. The SMILES string of the molecule is O=C(CS(=O)(=O)Cc1ccccc1)Nc1nc(-c2ccc3c(c2)CCCC3)cs1. The zero-order chi connectivity index (χ0) is 20.3. The molecular weight excluding hydrogens is 404 g/mol. The average Bonchev–Trinajstić information content (AvgIpc) is 3.15. The smallest absolute Gasteiger partial charge is 0.241 e. The molecule has 1 N–H and O–H groups in total. The summed E-state index contributed by atoms with van der Waals surface area (Å²) in [6.07, 6.45) is 4.68. The minimum Gasteiger partial charge on any atom is -0.301 e. The maximum atomic E-state index is 12.3. The Balaban J connectivity index is 1.40. The summed E-state index contributed by atoms with van der Waals surface area (Å²) in [5, 5.41) is 4.93. The van der Waals surface area contributed by atoms with E-state index >= 15 is 0 Å². The third-order valence-electron chi connectivity index (χ3n) is 4.98. The van der Waals surface area contributed by atoms with Gasteiger partial charge in [0.05, 0.1) is 11.4 Å². The van der Waals surface area contributed by atoms with E-state index in [9.17, 15) is 13.2 Å².